The van der Waals surface area contributed by atoms with Crippen LogP contribution in [-0.4, -0.2) is 17.7 Å². The fraction of sp³-hybridized carbons (Fsp3) is 0.318. The van der Waals surface area contributed by atoms with Crippen LogP contribution in [0.1, 0.15) is 37.6 Å². The molecular weight excluding hydrogens is 354 g/mol. The highest BCUT2D eigenvalue weighted by molar-refractivity contribution is 6.06. The molecule has 6 nitrogen and oxygen atoms in total. The number of rotatable bonds is 6. The Bertz CT molecular complexity index is 907. The SMILES string of the molecule is CC(C)C(=O)Nc1cccc(NC(=O)c2cccc(NC(=O)C3CC3C)c2)c1. The average molecular weight is 379 g/mol. The van der Waals surface area contributed by atoms with Gasteiger partial charge in [0.1, 0.15) is 0 Å². The smallest absolute Gasteiger partial charge is 0.255 e. The predicted molar refractivity (Wildman–Crippen MR) is 110 cm³/mol. The molecule has 6 heteroatoms. The zero-order valence-electron chi connectivity index (χ0n) is 16.3. The van der Waals surface area contributed by atoms with Gasteiger partial charge >= 0.3 is 0 Å². The van der Waals surface area contributed by atoms with Crippen LogP contribution in [0.15, 0.2) is 48.5 Å². The van der Waals surface area contributed by atoms with Crippen LogP contribution in [0.25, 0.3) is 0 Å². The molecule has 3 rings (SSSR count). The summed E-state index contributed by atoms with van der Waals surface area (Å²) in [6, 6.07) is 13.8. The van der Waals surface area contributed by atoms with Crippen LogP contribution in [-0.2, 0) is 9.59 Å². The van der Waals surface area contributed by atoms with Gasteiger partial charge in [-0.1, -0.05) is 32.9 Å². The van der Waals surface area contributed by atoms with E-state index in [1.165, 1.54) is 0 Å². The van der Waals surface area contributed by atoms with E-state index in [2.05, 4.69) is 16.0 Å². The quantitative estimate of drug-likeness (QED) is 0.705. The van der Waals surface area contributed by atoms with E-state index >= 15 is 0 Å². The molecule has 2 unspecified atom stereocenters. The molecule has 0 aromatic heterocycles. The molecule has 2 atom stereocenters. The monoisotopic (exact) mass is 379 g/mol. The lowest BCUT2D eigenvalue weighted by atomic mass is 10.1. The van der Waals surface area contributed by atoms with Crippen molar-refractivity contribution in [1.29, 1.82) is 0 Å². The highest BCUT2D eigenvalue weighted by Crippen LogP contribution is 2.38. The maximum atomic E-state index is 12.6. The molecule has 1 aliphatic rings. The van der Waals surface area contributed by atoms with Crippen molar-refractivity contribution >= 4 is 34.8 Å². The number of carbonyl (C=O) groups excluding carboxylic acids is 3. The maximum Gasteiger partial charge on any atom is 0.255 e. The fourth-order valence-electron chi connectivity index (χ4n) is 2.83. The molecule has 146 valence electrons. The van der Waals surface area contributed by atoms with E-state index in [0.29, 0.717) is 28.5 Å². The van der Waals surface area contributed by atoms with E-state index in [4.69, 9.17) is 0 Å². The third-order valence-corrected chi connectivity index (χ3v) is 4.75. The molecule has 1 fully saturated rings. The van der Waals surface area contributed by atoms with Crippen LogP contribution in [0.4, 0.5) is 17.1 Å². The molecule has 3 N–H and O–H groups in total. The van der Waals surface area contributed by atoms with Crippen LogP contribution in [0, 0.1) is 17.8 Å². The Kier molecular flexibility index (Phi) is 5.78. The summed E-state index contributed by atoms with van der Waals surface area (Å²) in [6.07, 6.45) is 0.912. The van der Waals surface area contributed by atoms with Gasteiger partial charge in [0.25, 0.3) is 5.91 Å². The first-order valence-corrected chi connectivity index (χ1v) is 9.46. The summed E-state index contributed by atoms with van der Waals surface area (Å²) in [5.41, 5.74) is 2.25. The van der Waals surface area contributed by atoms with E-state index in [9.17, 15) is 14.4 Å². The van der Waals surface area contributed by atoms with Crippen molar-refractivity contribution in [2.24, 2.45) is 17.8 Å². The molecule has 0 aliphatic heterocycles. The number of amides is 3. The van der Waals surface area contributed by atoms with Gasteiger partial charge in [-0.15, -0.1) is 0 Å². The van der Waals surface area contributed by atoms with Crippen molar-refractivity contribution in [3.63, 3.8) is 0 Å². The topological polar surface area (TPSA) is 87.3 Å². The Morgan fingerprint density at radius 1 is 0.893 bits per heavy atom. The number of hydrogen-bond acceptors (Lipinski definition) is 3. The molecule has 0 saturated heterocycles. The lowest BCUT2D eigenvalue weighted by Gasteiger charge is -2.11. The molecule has 0 heterocycles. The maximum absolute atomic E-state index is 12.6. The molecule has 0 radical (unpaired) electrons. The van der Waals surface area contributed by atoms with Gasteiger partial charge in [-0.2, -0.15) is 0 Å². The highest BCUT2D eigenvalue weighted by Gasteiger charge is 2.39. The summed E-state index contributed by atoms with van der Waals surface area (Å²) in [6.45, 7) is 5.68. The predicted octanol–water partition coefficient (Wildman–Crippen LogP) is 4.13. The Labute approximate surface area is 164 Å². The zero-order chi connectivity index (χ0) is 20.3. The number of carbonyl (C=O) groups is 3. The van der Waals surface area contributed by atoms with E-state index in [1.54, 1.807) is 48.5 Å². The molecule has 3 amide bonds. The molecule has 2 aromatic rings. The average Bonchev–Trinajstić information content (AvgIpc) is 3.39. The van der Waals surface area contributed by atoms with Gasteiger partial charge in [-0.05, 0) is 48.7 Å². The minimum atomic E-state index is -0.289. The van der Waals surface area contributed by atoms with Crippen molar-refractivity contribution in [3.8, 4) is 0 Å². The Morgan fingerprint density at radius 3 is 2.07 bits per heavy atom. The summed E-state index contributed by atoms with van der Waals surface area (Å²) in [5.74, 6) is -0.00943. The third kappa shape index (κ3) is 4.97. The Morgan fingerprint density at radius 2 is 1.46 bits per heavy atom. The van der Waals surface area contributed by atoms with Gasteiger partial charge in [0.05, 0.1) is 0 Å². The van der Waals surface area contributed by atoms with Gasteiger partial charge in [0.15, 0.2) is 0 Å². The minimum Gasteiger partial charge on any atom is -0.326 e. The van der Waals surface area contributed by atoms with Crippen molar-refractivity contribution < 1.29 is 14.4 Å². The summed E-state index contributed by atoms with van der Waals surface area (Å²) in [5, 5.41) is 8.50. The third-order valence-electron chi connectivity index (χ3n) is 4.75. The first-order valence-electron chi connectivity index (χ1n) is 9.46. The molecule has 1 aliphatic carbocycles. The Balaban J connectivity index is 1.65. The van der Waals surface area contributed by atoms with E-state index < -0.39 is 0 Å². The lowest BCUT2D eigenvalue weighted by Crippen LogP contribution is -2.18. The first-order chi connectivity index (χ1) is 13.3. The van der Waals surface area contributed by atoms with Crippen LogP contribution in [0.3, 0.4) is 0 Å². The fourth-order valence-corrected chi connectivity index (χ4v) is 2.83. The van der Waals surface area contributed by atoms with Crippen LogP contribution in [0.2, 0.25) is 0 Å². The van der Waals surface area contributed by atoms with Crippen molar-refractivity contribution in [2.75, 3.05) is 16.0 Å². The lowest BCUT2D eigenvalue weighted by molar-refractivity contribution is -0.119. The molecule has 0 spiro atoms. The van der Waals surface area contributed by atoms with Crippen LogP contribution < -0.4 is 16.0 Å². The number of anilines is 3. The minimum absolute atomic E-state index is 0.00125. The standard InChI is InChI=1S/C22H25N3O3/c1-13(2)20(26)23-17-8-5-9-18(12-17)24-21(27)15-6-4-7-16(11-15)25-22(28)19-10-14(19)3/h4-9,11-14,19H,10H2,1-3H3,(H,23,26)(H,24,27)(H,25,28). The van der Waals surface area contributed by atoms with Gasteiger partial charge < -0.3 is 16.0 Å². The molecule has 1 saturated carbocycles. The van der Waals surface area contributed by atoms with Gasteiger partial charge in [-0.3, -0.25) is 14.4 Å². The summed E-state index contributed by atoms with van der Waals surface area (Å²) < 4.78 is 0. The van der Waals surface area contributed by atoms with Crippen LogP contribution in [0.5, 0.6) is 0 Å². The van der Waals surface area contributed by atoms with Gasteiger partial charge in [0, 0.05) is 34.5 Å². The molecule has 2 aromatic carbocycles. The summed E-state index contributed by atoms with van der Waals surface area (Å²) in [7, 11) is 0. The number of nitrogens with one attached hydrogen (secondary N) is 3. The molecule has 28 heavy (non-hydrogen) atoms. The van der Waals surface area contributed by atoms with Gasteiger partial charge in [0.2, 0.25) is 11.8 Å². The first kappa shape index (κ1) is 19.6. The van der Waals surface area contributed by atoms with E-state index in [1.807, 2.05) is 20.8 Å². The van der Waals surface area contributed by atoms with E-state index in [0.717, 1.165) is 6.42 Å². The largest absolute Gasteiger partial charge is 0.326 e. The highest BCUT2D eigenvalue weighted by atomic mass is 16.2. The normalized spacial score (nSPS) is 17.7. The van der Waals surface area contributed by atoms with Crippen LogP contribution >= 0.6 is 0 Å². The molecule has 0 bridgehead atoms. The summed E-state index contributed by atoms with van der Waals surface area (Å²) >= 11 is 0. The summed E-state index contributed by atoms with van der Waals surface area (Å²) in [4.78, 5) is 36.5. The van der Waals surface area contributed by atoms with E-state index in [-0.39, 0.29) is 29.6 Å². The van der Waals surface area contributed by atoms with Crippen molar-refractivity contribution in [1.82, 2.24) is 0 Å². The molecular formula is C22H25N3O3. The second-order valence-corrected chi connectivity index (χ2v) is 7.57. The number of hydrogen-bond donors (Lipinski definition) is 3. The second kappa shape index (κ2) is 8.25. The zero-order valence-corrected chi connectivity index (χ0v) is 16.3. The Hall–Kier alpha value is -3.15. The van der Waals surface area contributed by atoms with Crippen molar-refractivity contribution in [2.45, 2.75) is 27.2 Å². The second-order valence-electron chi connectivity index (χ2n) is 7.57. The number of benzene rings is 2. The van der Waals surface area contributed by atoms with Crippen molar-refractivity contribution in [3.05, 3.63) is 54.1 Å². The van der Waals surface area contributed by atoms with Gasteiger partial charge in [-0.25, -0.2) is 0 Å².